The molecular weight excluding hydrogens is 599 g/mol. The van der Waals surface area contributed by atoms with Crippen LogP contribution >= 0.6 is 11.3 Å². The largest absolute Gasteiger partial charge is 0.490 e. The average Bonchev–Trinajstić information content (AvgIpc) is 3.50. The van der Waals surface area contributed by atoms with E-state index >= 15 is 0 Å². The molecule has 4 aromatic rings. The van der Waals surface area contributed by atoms with Crippen LogP contribution in [-0.4, -0.2) is 67.4 Å². The molecule has 2 amide bonds. The van der Waals surface area contributed by atoms with Gasteiger partial charge in [-0.05, 0) is 62.8 Å². The molecule has 0 aliphatic carbocycles. The van der Waals surface area contributed by atoms with Gasteiger partial charge in [-0.2, -0.15) is 0 Å². The van der Waals surface area contributed by atoms with Crippen LogP contribution in [0.4, 0.5) is 9.18 Å². The van der Waals surface area contributed by atoms with Crippen LogP contribution in [-0.2, 0) is 24.4 Å². The second kappa shape index (κ2) is 13.9. The number of hydrogen-bond donors (Lipinski definition) is 2. The number of halogens is 1. The van der Waals surface area contributed by atoms with Crippen molar-refractivity contribution in [2.24, 2.45) is 5.73 Å². The lowest BCUT2D eigenvalue weighted by Gasteiger charge is -2.34. The first-order chi connectivity index (χ1) is 21.6. The van der Waals surface area contributed by atoms with E-state index in [0.717, 1.165) is 21.2 Å². The highest BCUT2D eigenvalue weighted by Gasteiger charge is 2.40. The maximum absolute atomic E-state index is 14.3. The first-order valence-electron chi connectivity index (χ1n) is 14.8. The number of nitrogens with two attached hydrogens (primary N) is 1. The molecule has 1 aliphatic rings. The number of thiophene rings is 1. The Morgan fingerprint density at radius 2 is 1.76 bits per heavy atom. The molecule has 1 aliphatic heterocycles. The van der Waals surface area contributed by atoms with Gasteiger partial charge < -0.3 is 30.0 Å². The quantitative estimate of drug-likeness (QED) is 0.203. The smallest absolute Gasteiger partial charge is 0.407 e. The zero-order valence-corrected chi connectivity index (χ0v) is 26.4. The molecule has 3 N–H and O–H groups in total. The van der Waals surface area contributed by atoms with Crippen molar-refractivity contribution >= 4 is 33.4 Å². The van der Waals surface area contributed by atoms with Crippen molar-refractivity contribution in [3.05, 3.63) is 65.3 Å². The molecule has 0 atom stereocenters. The van der Waals surface area contributed by atoms with Crippen LogP contribution in [0.1, 0.15) is 39.2 Å². The minimum atomic E-state index is -0.745. The van der Waals surface area contributed by atoms with E-state index in [1.165, 1.54) is 23.5 Å². The van der Waals surface area contributed by atoms with E-state index < -0.39 is 22.9 Å². The SMILES string of the molecule is CC(C)(C)OC(=O)NCCOCCOc1cc(F)ccc1-c1nnc(-c2ccc(C3(C(N)=O)CCOCC3)cc2)c2ccsc12. The summed E-state index contributed by atoms with van der Waals surface area (Å²) in [6, 6.07) is 14.0. The minimum Gasteiger partial charge on any atom is -0.490 e. The van der Waals surface area contributed by atoms with Crippen LogP contribution in [0.15, 0.2) is 53.9 Å². The van der Waals surface area contributed by atoms with E-state index in [1.807, 2.05) is 35.7 Å². The van der Waals surface area contributed by atoms with Gasteiger partial charge in [-0.25, -0.2) is 9.18 Å². The van der Waals surface area contributed by atoms with Gasteiger partial charge in [0.05, 0.1) is 23.3 Å². The van der Waals surface area contributed by atoms with Gasteiger partial charge in [0.2, 0.25) is 5.91 Å². The number of primary amides is 1. The molecule has 0 unspecified atom stereocenters. The second-order valence-electron chi connectivity index (χ2n) is 11.7. The first kappa shape index (κ1) is 32.3. The van der Waals surface area contributed by atoms with Crippen molar-refractivity contribution in [3.8, 4) is 28.3 Å². The Bertz CT molecular complexity index is 1650. The van der Waals surface area contributed by atoms with Gasteiger partial charge in [-0.15, -0.1) is 21.5 Å². The summed E-state index contributed by atoms with van der Waals surface area (Å²) in [5.74, 6) is -0.469. The monoisotopic (exact) mass is 636 g/mol. The van der Waals surface area contributed by atoms with Crippen LogP contribution in [0.3, 0.4) is 0 Å². The molecule has 1 saturated heterocycles. The number of nitrogens with one attached hydrogen (secondary N) is 1. The Balaban J connectivity index is 1.29. The fourth-order valence-electron chi connectivity index (χ4n) is 5.28. The highest BCUT2D eigenvalue weighted by Crippen LogP contribution is 2.40. The van der Waals surface area contributed by atoms with E-state index in [9.17, 15) is 14.0 Å². The van der Waals surface area contributed by atoms with Gasteiger partial charge in [0.1, 0.15) is 35.2 Å². The molecule has 45 heavy (non-hydrogen) atoms. The van der Waals surface area contributed by atoms with E-state index in [0.29, 0.717) is 48.8 Å². The molecule has 238 valence electrons. The Hall–Kier alpha value is -4.13. The summed E-state index contributed by atoms with van der Waals surface area (Å²) < 4.78 is 37.3. The summed E-state index contributed by atoms with van der Waals surface area (Å²) in [6.45, 7) is 7.28. The van der Waals surface area contributed by atoms with Crippen LogP contribution in [0.5, 0.6) is 5.75 Å². The predicted octanol–water partition coefficient (Wildman–Crippen LogP) is 5.62. The normalized spacial score (nSPS) is 14.7. The number of amides is 2. The third-order valence-corrected chi connectivity index (χ3v) is 8.43. The summed E-state index contributed by atoms with van der Waals surface area (Å²) in [5.41, 5.74) is 8.12. The van der Waals surface area contributed by atoms with Gasteiger partial charge in [0.15, 0.2) is 0 Å². The van der Waals surface area contributed by atoms with Gasteiger partial charge in [-0.3, -0.25) is 4.79 Å². The van der Waals surface area contributed by atoms with Crippen molar-refractivity contribution in [1.29, 1.82) is 0 Å². The number of aromatic nitrogens is 2. The van der Waals surface area contributed by atoms with Crippen molar-refractivity contribution in [2.45, 2.75) is 44.6 Å². The van der Waals surface area contributed by atoms with E-state index in [-0.39, 0.29) is 32.3 Å². The lowest BCUT2D eigenvalue weighted by Crippen LogP contribution is -2.45. The third-order valence-electron chi connectivity index (χ3n) is 7.51. The standard InChI is InChI=1S/C33H37FN4O6S/c1-32(2,3)44-31(40)36-13-16-42-17-18-43-26-20-23(34)8-9-24(26)28-29-25(10-19-45-29)27(37-38-28)21-4-6-22(7-5-21)33(30(35)39)11-14-41-15-12-33/h4-10,19-20H,11-18H2,1-3H3,(H2,35,39)(H,36,40). The number of carbonyl (C=O) groups excluding carboxylic acids is 2. The number of ether oxygens (including phenoxy) is 4. The van der Waals surface area contributed by atoms with Gasteiger partial charge in [-0.1, -0.05) is 24.3 Å². The van der Waals surface area contributed by atoms with Crippen molar-refractivity contribution in [1.82, 2.24) is 15.5 Å². The zero-order valence-electron chi connectivity index (χ0n) is 25.6. The molecule has 10 nitrogen and oxygen atoms in total. The fourth-order valence-corrected chi connectivity index (χ4v) is 6.17. The van der Waals surface area contributed by atoms with Crippen LogP contribution < -0.4 is 15.8 Å². The van der Waals surface area contributed by atoms with Crippen molar-refractivity contribution in [3.63, 3.8) is 0 Å². The summed E-state index contributed by atoms with van der Waals surface area (Å²) in [6.07, 6.45) is 0.580. The summed E-state index contributed by atoms with van der Waals surface area (Å²) in [4.78, 5) is 24.2. The van der Waals surface area contributed by atoms with E-state index in [4.69, 9.17) is 24.7 Å². The molecule has 2 aromatic carbocycles. The lowest BCUT2D eigenvalue weighted by atomic mass is 9.73. The molecular formula is C33H37FN4O6S. The van der Waals surface area contributed by atoms with Crippen LogP contribution in [0, 0.1) is 5.82 Å². The maximum Gasteiger partial charge on any atom is 0.407 e. The van der Waals surface area contributed by atoms with E-state index in [1.54, 1.807) is 26.8 Å². The number of alkyl carbamates (subject to hydrolysis) is 1. The molecule has 0 saturated carbocycles. The third kappa shape index (κ3) is 7.58. The highest BCUT2D eigenvalue weighted by atomic mass is 32.1. The molecule has 0 bridgehead atoms. The van der Waals surface area contributed by atoms with Gasteiger partial charge >= 0.3 is 6.09 Å². The summed E-state index contributed by atoms with van der Waals surface area (Å²) >= 11 is 1.51. The Kier molecular flexibility index (Phi) is 9.96. The number of carbonyl (C=O) groups is 2. The predicted molar refractivity (Wildman–Crippen MR) is 170 cm³/mol. The van der Waals surface area contributed by atoms with Crippen LogP contribution in [0.2, 0.25) is 0 Å². The number of benzene rings is 2. The van der Waals surface area contributed by atoms with Gasteiger partial charge in [0, 0.05) is 42.3 Å². The number of rotatable bonds is 11. The molecule has 12 heteroatoms. The summed E-state index contributed by atoms with van der Waals surface area (Å²) in [5, 5.41) is 14.6. The van der Waals surface area contributed by atoms with Crippen molar-refractivity contribution < 1.29 is 32.9 Å². The first-order valence-corrected chi connectivity index (χ1v) is 15.7. The minimum absolute atomic E-state index is 0.160. The fraction of sp³-hybridized carbons (Fsp3) is 0.394. The second-order valence-corrected chi connectivity index (χ2v) is 12.6. The maximum atomic E-state index is 14.3. The van der Waals surface area contributed by atoms with Crippen molar-refractivity contribution in [2.75, 3.05) is 39.6 Å². The topological polar surface area (TPSA) is 135 Å². The molecule has 0 radical (unpaired) electrons. The molecule has 0 spiro atoms. The lowest BCUT2D eigenvalue weighted by molar-refractivity contribution is -0.127. The Labute approximate surface area is 265 Å². The molecule has 5 rings (SSSR count). The number of fused-ring (bicyclic) bond motifs is 1. The average molecular weight is 637 g/mol. The van der Waals surface area contributed by atoms with Crippen LogP contribution in [0.25, 0.3) is 32.6 Å². The number of hydrogen-bond acceptors (Lipinski definition) is 9. The molecule has 1 fully saturated rings. The molecule has 3 heterocycles. The highest BCUT2D eigenvalue weighted by molar-refractivity contribution is 7.17. The Morgan fingerprint density at radius 1 is 1.02 bits per heavy atom. The molecule has 2 aromatic heterocycles. The number of nitrogens with zero attached hydrogens (tertiary/aromatic N) is 2. The van der Waals surface area contributed by atoms with Gasteiger partial charge in [0.25, 0.3) is 0 Å². The Morgan fingerprint density at radius 3 is 2.47 bits per heavy atom. The van der Waals surface area contributed by atoms with E-state index in [2.05, 4.69) is 15.5 Å². The zero-order chi connectivity index (χ0) is 32.0. The summed E-state index contributed by atoms with van der Waals surface area (Å²) in [7, 11) is 0.